The van der Waals surface area contributed by atoms with Crippen LogP contribution in [0.5, 0.6) is 0 Å². The number of alkyl halides is 6. The number of nitrogens with zero attached hydrogens (tertiary/aromatic N) is 1. The van der Waals surface area contributed by atoms with Gasteiger partial charge in [0.15, 0.2) is 5.13 Å². The van der Waals surface area contributed by atoms with Crippen LogP contribution < -0.4 is 10.6 Å². The minimum atomic E-state index is -4.98. The molecule has 0 aliphatic heterocycles. The molecule has 6 rings (SSSR count). The highest BCUT2D eigenvalue weighted by molar-refractivity contribution is 7.22. The third kappa shape index (κ3) is 5.69. The van der Waals surface area contributed by atoms with E-state index >= 15 is 0 Å². The van der Waals surface area contributed by atoms with Crippen LogP contribution in [-0.2, 0) is 23.7 Å². The van der Waals surface area contributed by atoms with Crippen molar-refractivity contribution < 1.29 is 35.9 Å². The molecule has 42 heavy (non-hydrogen) atoms. The van der Waals surface area contributed by atoms with Crippen molar-refractivity contribution in [3.8, 4) is 11.1 Å². The maximum atomic E-state index is 13.2. The van der Waals surface area contributed by atoms with Gasteiger partial charge < -0.3 is 15.6 Å². The molecule has 3 N–H and O–H groups in total. The number of thiazole rings is 1. The van der Waals surface area contributed by atoms with Crippen LogP contribution in [0.3, 0.4) is 0 Å². The molecule has 2 heterocycles. The fourth-order valence-electron chi connectivity index (χ4n) is 4.60. The first-order chi connectivity index (χ1) is 19.8. The first-order valence-electron chi connectivity index (χ1n) is 12.7. The molecule has 1 saturated carbocycles. The lowest BCUT2D eigenvalue weighted by Gasteiger charge is -2.14. The van der Waals surface area contributed by atoms with Gasteiger partial charge in [0, 0.05) is 29.6 Å². The monoisotopic (exact) mass is 602 g/mol. The van der Waals surface area contributed by atoms with Crippen molar-refractivity contribution in [1.82, 2.24) is 15.3 Å². The van der Waals surface area contributed by atoms with Crippen molar-refractivity contribution in [3.63, 3.8) is 0 Å². The third-order valence-corrected chi connectivity index (χ3v) is 7.86. The first kappa shape index (κ1) is 27.8. The van der Waals surface area contributed by atoms with Gasteiger partial charge in [-0.05, 0) is 72.0 Å². The Balaban J connectivity index is 1.24. The standard InChI is InChI=1S/C29H20F6N4O2S/c30-28(31,32)18-7-14(8-19(11-18)29(33,34)35)12-37-26(41)21-13-36-22-5-3-16(9-20(21)22)17-4-6-23-24(10-17)42-27(38-23)39-25(40)15-1-2-15/h3-11,13,15,36H,1-2,12H2,(H,37,41)(H,38,39,40). The van der Waals surface area contributed by atoms with Crippen LogP contribution in [0.15, 0.2) is 60.8 Å². The van der Waals surface area contributed by atoms with E-state index in [-0.39, 0.29) is 29.0 Å². The molecule has 216 valence electrons. The topological polar surface area (TPSA) is 86.9 Å². The number of amides is 2. The van der Waals surface area contributed by atoms with Gasteiger partial charge in [-0.2, -0.15) is 26.3 Å². The minimum Gasteiger partial charge on any atom is -0.360 e. The molecule has 2 aromatic heterocycles. The SMILES string of the molecule is O=C(NCc1cc(C(F)(F)F)cc(C(F)(F)F)c1)c1c[nH]c2ccc(-c3ccc4nc(NC(=O)C5CC5)sc4c3)cc12. The number of aromatic nitrogens is 2. The molecule has 6 nitrogen and oxygen atoms in total. The van der Waals surface area contributed by atoms with Gasteiger partial charge in [0.25, 0.3) is 5.91 Å². The second-order valence-corrected chi connectivity index (χ2v) is 11.1. The summed E-state index contributed by atoms with van der Waals surface area (Å²) in [6.45, 7) is -0.542. The van der Waals surface area contributed by atoms with Gasteiger partial charge in [0.05, 0.1) is 26.9 Å². The fourth-order valence-corrected chi connectivity index (χ4v) is 5.51. The predicted octanol–water partition coefficient (Wildman–Crippen LogP) is 7.76. The Hall–Kier alpha value is -4.39. The lowest BCUT2D eigenvalue weighted by molar-refractivity contribution is -0.143. The fraction of sp³-hybridized carbons (Fsp3) is 0.207. The zero-order valence-corrected chi connectivity index (χ0v) is 22.2. The van der Waals surface area contributed by atoms with Crippen molar-refractivity contribution >= 4 is 49.4 Å². The number of H-pyrrole nitrogens is 1. The maximum Gasteiger partial charge on any atom is 0.416 e. The Bertz CT molecular complexity index is 1820. The van der Waals surface area contributed by atoms with E-state index in [1.807, 2.05) is 24.3 Å². The van der Waals surface area contributed by atoms with Crippen molar-refractivity contribution in [1.29, 1.82) is 0 Å². The van der Waals surface area contributed by atoms with Crippen LogP contribution in [0.2, 0.25) is 0 Å². The highest BCUT2D eigenvalue weighted by Gasteiger charge is 2.37. The van der Waals surface area contributed by atoms with Gasteiger partial charge in [-0.3, -0.25) is 9.59 Å². The minimum absolute atomic E-state index is 0.0353. The summed E-state index contributed by atoms with van der Waals surface area (Å²) < 4.78 is 80.1. The summed E-state index contributed by atoms with van der Waals surface area (Å²) in [6, 6.07) is 12.2. The number of rotatable bonds is 6. The Morgan fingerprint density at radius 2 is 1.57 bits per heavy atom. The zero-order chi connectivity index (χ0) is 29.8. The highest BCUT2D eigenvalue weighted by Crippen LogP contribution is 2.37. The normalized spacial score (nSPS) is 14.0. The van der Waals surface area contributed by atoms with Crippen LogP contribution in [0.4, 0.5) is 31.5 Å². The zero-order valence-electron chi connectivity index (χ0n) is 21.4. The number of halogens is 6. The van der Waals surface area contributed by atoms with Crippen LogP contribution >= 0.6 is 11.3 Å². The molecule has 1 fully saturated rings. The average molecular weight is 603 g/mol. The Labute approximate surface area is 237 Å². The lowest BCUT2D eigenvalue weighted by Crippen LogP contribution is -2.23. The molecule has 1 aliphatic carbocycles. The smallest absolute Gasteiger partial charge is 0.360 e. The number of carbonyl (C=O) groups excluding carboxylic acids is 2. The first-order valence-corrected chi connectivity index (χ1v) is 13.6. The van der Waals surface area contributed by atoms with Gasteiger partial charge in [0.1, 0.15) is 0 Å². The summed E-state index contributed by atoms with van der Waals surface area (Å²) >= 11 is 1.35. The van der Waals surface area contributed by atoms with Gasteiger partial charge in [0.2, 0.25) is 5.91 Å². The molecule has 2 amide bonds. The van der Waals surface area contributed by atoms with E-state index in [9.17, 15) is 35.9 Å². The van der Waals surface area contributed by atoms with Gasteiger partial charge in [-0.1, -0.05) is 23.5 Å². The van der Waals surface area contributed by atoms with E-state index in [0.29, 0.717) is 28.2 Å². The summed E-state index contributed by atoms with van der Waals surface area (Å²) in [5.74, 6) is -0.653. The van der Waals surface area contributed by atoms with E-state index < -0.39 is 35.9 Å². The molecule has 0 bridgehead atoms. The third-order valence-electron chi connectivity index (χ3n) is 6.93. The van der Waals surface area contributed by atoms with E-state index in [4.69, 9.17) is 0 Å². The molecular formula is C29H20F6N4O2S. The van der Waals surface area contributed by atoms with Crippen molar-refractivity contribution in [2.75, 3.05) is 5.32 Å². The number of benzene rings is 3. The lowest BCUT2D eigenvalue weighted by atomic mass is 10.0. The van der Waals surface area contributed by atoms with Crippen LogP contribution in [0, 0.1) is 5.92 Å². The summed E-state index contributed by atoms with van der Waals surface area (Å²) in [5, 5.41) is 6.31. The number of fused-ring (bicyclic) bond motifs is 2. The molecule has 3 aromatic carbocycles. The van der Waals surface area contributed by atoms with Gasteiger partial charge in [-0.25, -0.2) is 4.98 Å². The molecule has 0 unspecified atom stereocenters. The van der Waals surface area contributed by atoms with E-state index in [1.54, 1.807) is 12.1 Å². The van der Waals surface area contributed by atoms with Crippen LogP contribution in [0.1, 0.15) is 39.9 Å². The Morgan fingerprint density at radius 3 is 2.24 bits per heavy atom. The predicted molar refractivity (Wildman–Crippen MR) is 146 cm³/mol. The average Bonchev–Trinajstić information content (AvgIpc) is 3.58. The number of hydrogen-bond acceptors (Lipinski definition) is 4. The molecular weight excluding hydrogens is 582 g/mol. The molecule has 0 atom stereocenters. The van der Waals surface area contributed by atoms with Crippen molar-refractivity contribution in [2.45, 2.75) is 31.7 Å². The van der Waals surface area contributed by atoms with Gasteiger partial charge >= 0.3 is 12.4 Å². The molecule has 0 saturated heterocycles. The summed E-state index contributed by atoms with van der Waals surface area (Å²) in [7, 11) is 0. The number of nitrogens with one attached hydrogen (secondary N) is 3. The summed E-state index contributed by atoms with van der Waals surface area (Å²) in [6.07, 6.45) is -6.78. The van der Waals surface area contributed by atoms with Gasteiger partial charge in [-0.15, -0.1) is 0 Å². The van der Waals surface area contributed by atoms with E-state index in [0.717, 1.165) is 34.2 Å². The second-order valence-electron chi connectivity index (χ2n) is 10.0. The largest absolute Gasteiger partial charge is 0.416 e. The van der Waals surface area contributed by atoms with Crippen molar-refractivity contribution in [2.24, 2.45) is 5.92 Å². The van der Waals surface area contributed by atoms with Crippen LogP contribution in [0.25, 0.3) is 32.2 Å². The number of carbonyl (C=O) groups is 2. The maximum absolute atomic E-state index is 13.2. The Kier molecular flexibility index (Phi) is 6.71. The molecule has 0 radical (unpaired) electrons. The highest BCUT2D eigenvalue weighted by atomic mass is 32.1. The van der Waals surface area contributed by atoms with Crippen molar-refractivity contribution in [3.05, 3.63) is 83.0 Å². The molecule has 5 aromatic rings. The van der Waals surface area contributed by atoms with E-state index in [1.165, 1.54) is 17.5 Å². The number of hydrogen-bond donors (Lipinski definition) is 3. The second kappa shape index (κ2) is 10.2. The summed E-state index contributed by atoms with van der Waals surface area (Å²) in [4.78, 5) is 32.5. The molecule has 0 spiro atoms. The molecule has 1 aliphatic rings. The quantitative estimate of drug-likeness (QED) is 0.174. The summed E-state index contributed by atoms with van der Waals surface area (Å²) in [5.41, 5.74) is -0.128. The molecule has 13 heteroatoms. The van der Waals surface area contributed by atoms with E-state index in [2.05, 4.69) is 20.6 Å². The number of aromatic amines is 1. The Morgan fingerprint density at radius 1 is 0.905 bits per heavy atom. The number of anilines is 1. The van der Waals surface area contributed by atoms with Crippen LogP contribution in [-0.4, -0.2) is 21.8 Å².